The van der Waals surface area contributed by atoms with Crippen LogP contribution < -0.4 is 0 Å². The molecule has 1 aromatic rings. The molecule has 1 rings (SSSR count). The molecule has 11 heavy (non-hydrogen) atoms. The summed E-state index contributed by atoms with van der Waals surface area (Å²) in [6, 6.07) is 1.55. The van der Waals surface area contributed by atoms with Gasteiger partial charge < -0.3 is 9.42 Å². The van der Waals surface area contributed by atoms with Crippen LogP contribution in [0.25, 0.3) is 0 Å². The summed E-state index contributed by atoms with van der Waals surface area (Å²) in [7, 11) is 1.72. The molecule has 0 aliphatic rings. The summed E-state index contributed by atoms with van der Waals surface area (Å²) in [5.41, 5.74) is 0.356. The molecule has 1 aromatic heterocycles. The second-order valence-corrected chi connectivity index (χ2v) is 2.20. The molecule has 0 unspecified atom stereocenters. The fourth-order valence-electron chi connectivity index (χ4n) is 0.662. The Labute approximate surface area is 64.8 Å². The van der Waals surface area contributed by atoms with E-state index >= 15 is 0 Å². The van der Waals surface area contributed by atoms with Gasteiger partial charge in [-0.1, -0.05) is 5.16 Å². The molecule has 60 valence electrons. The molecule has 0 radical (unpaired) electrons. The Morgan fingerprint density at radius 3 is 3.00 bits per heavy atom. The first kappa shape index (κ1) is 7.78. The number of hydrogen-bond acceptors (Lipinski definition) is 3. The molecule has 0 aliphatic heterocycles. The maximum Gasteiger partial charge on any atom is 0.275 e. The summed E-state index contributed by atoms with van der Waals surface area (Å²) < 4.78 is 4.53. The van der Waals surface area contributed by atoms with Crippen molar-refractivity contribution in [2.45, 2.75) is 6.92 Å². The van der Waals surface area contributed by atoms with Crippen LogP contribution in [0.3, 0.4) is 0 Å². The molecule has 1 heterocycles. The van der Waals surface area contributed by atoms with Crippen molar-refractivity contribution in [2.24, 2.45) is 0 Å². The molecule has 0 saturated heterocycles. The molecule has 4 nitrogen and oxygen atoms in total. The van der Waals surface area contributed by atoms with E-state index in [9.17, 15) is 4.79 Å². The van der Waals surface area contributed by atoms with Crippen LogP contribution in [0.15, 0.2) is 16.9 Å². The van der Waals surface area contributed by atoms with Gasteiger partial charge in [-0.15, -0.1) is 0 Å². The Morgan fingerprint density at radius 2 is 2.55 bits per heavy atom. The highest BCUT2D eigenvalue weighted by Gasteiger charge is 2.11. The Bertz CT molecular complexity index is 231. The number of amides is 1. The van der Waals surface area contributed by atoms with Crippen molar-refractivity contribution in [3.05, 3.63) is 18.0 Å². The van der Waals surface area contributed by atoms with Crippen LogP contribution in [0.4, 0.5) is 0 Å². The predicted molar refractivity (Wildman–Crippen MR) is 39.1 cm³/mol. The number of carbonyl (C=O) groups excluding carboxylic acids is 1. The third-order valence-electron chi connectivity index (χ3n) is 1.48. The van der Waals surface area contributed by atoms with Gasteiger partial charge in [0.1, 0.15) is 6.26 Å². The second kappa shape index (κ2) is 3.18. The minimum absolute atomic E-state index is 0.110. The summed E-state index contributed by atoms with van der Waals surface area (Å²) in [5.74, 6) is -0.110. The predicted octanol–water partition coefficient (Wildman–Crippen LogP) is 0.766. The van der Waals surface area contributed by atoms with Crippen LogP contribution >= 0.6 is 0 Å². The molecule has 4 heteroatoms. The first-order valence-electron chi connectivity index (χ1n) is 3.41. The van der Waals surface area contributed by atoms with Crippen LogP contribution in [-0.4, -0.2) is 29.6 Å². The van der Waals surface area contributed by atoms with Gasteiger partial charge in [-0.2, -0.15) is 0 Å². The maximum atomic E-state index is 11.2. The molecule has 1 amide bonds. The number of nitrogens with zero attached hydrogens (tertiary/aromatic N) is 2. The Morgan fingerprint density at radius 1 is 1.82 bits per heavy atom. The quantitative estimate of drug-likeness (QED) is 0.632. The molecule has 0 N–H and O–H groups in total. The van der Waals surface area contributed by atoms with Crippen molar-refractivity contribution in [2.75, 3.05) is 13.6 Å². The van der Waals surface area contributed by atoms with E-state index in [-0.39, 0.29) is 5.91 Å². The minimum Gasteiger partial charge on any atom is -0.364 e. The molecule has 0 spiro atoms. The van der Waals surface area contributed by atoms with Crippen LogP contribution in [0.2, 0.25) is 0 Å². The van der Waals surface area contributed by atoms with Gasteiger partial charge in [-0.25, -0.2) is 0 Å². The van der Waals surface area contributed by atoms with Gasteiger partial charge in [0, 0.05) is 19.7 Å². The van der Waals surface area contributed by atoms with Gasteiger partial charge in [0.05, 0.1) is 0 Å². The first-order valence-corrected chi connectivity index (χ1v) is 3.41. The van der Waals surface area contributed by atoms with Crippen molar-refractivity contribution in [1.29, 1.82) is 0 Å². The standard InChI is InChI=1S/C7H10N2O2/c1-3-9(2)7(10)6-4-5-11-8-6/h4-5H,3H2,1-2H3. The van der Waals surface area contributed by atoms with Crippen LogP contribution in [0, 0.1) is 0 Å². The van der Waals surface area contributed by atoms with Gasteiger partial charge in [-0.05, 0) is 6.92 Å². The molecular formula is C7H10N2O2. The van der Waals surface area contributed by atoms with Gasteiger partial charge in [-0.3, -0.25) is 4.79 Å². The third kappa shape index (κ3) is 1.58. The highest BCUT2D eigenvalue weighted by molar-refractivity contribution is 5.91. The van der Waals surface area contributed by atoms with Gasteiger partial charge >= 0.3 is 0 Å². The van der Waals surface area contributed by atoms with Crippen molar-refractivity contribution >= 4 is 5.91 Å². The van der Waals surface area contributed by atoms with Crippen molar-refractivity contribution in [1.82, 2.24) is 10.1 Å². The molecule has 0 saturated carbocycles. The lowest BCUT2D eigenvalue weighted by Crippen LogP contribution is -2.26. The molecular weight excluding hydrogens is 144 g/mol. The van der Waals surface area contributed by atoms with E-state index in [1.165, 1.54) is 6.26 Å². The van der Waals surface area contributed by atoms with Gasteiger partial charge in [0.15, 0.2) is 5.69 Å². The van der Waals surface area contributed by atoms with Crippen molar-refractivity contribution in [3.8, 4) is 0 Å². The lowest BCUT2D eigenvalue weighted by atomic mass is 10.4. The van der Waals surface area contributed by atoms with E-state index in [2.05, 4.69) is 9.68 Å². The monoisotopic (exact) mass is 154 g/mol. The van der Waals surface area contributed by atoms with Crippen molar-refractivity contribution in [3.63, 3.8) is 0 Å². The molecule has 0 atom stereocenters. The van der Waals surface area contributed by atoms with E-state index in [0.717, 1.165) is 0 Å². The average Bonchev–Trinajstić information content (AvgIpc) is 2.53. The Hall–Kier alpha value is -1.32. The lowest BCUT2D eigenvalue weighted by Gasteiger charge is -2.11. The number of rotatable bonds is 2. The molecule has 0 aliphatic carbocycles. The zero-order valence-electron chi connectivity index (χ0n) is 6.57. The Kier molecular flexibility index (Phi) is 2.25. The summed E-state index contributed by atoms with van der Waals surface area (Å²) in [4.78, 5) is 12.8. The van der Waals surface area contributed by atoms with Crippen LogP contribution in [-0.2, 0) is 0 Å². The van der Waals surface area contributed by atoms with E-state index in [4.69, 9.17) is 0 Å². The zero-order valence-corrected chi connectivity index (χ0v) is 6.57. The summed E-state index contributed by atoms with van der Waals surface area (Å²) >= 11 is 0. The normalized spacial score (nSPS) is 9.64. The average molecular weight is 154 g/mol. The lowest BCUT2D eigenvalue weighted by molar-refractivity contribution is 0.0792. The number of carbonyl (C=O) groups is 1. The largest absolute Gasteiger partial charge is 0.364 e. The summed E-state index contributed by atoms with van der Waals surface area (Å²) in [6.45, 7) is 2.57. The number of hydrogen-bond donors (Lipinski definition) is 0. The first-order chi connectivity index (χ1) is 5.25. The fraction of sp³-hybridized carbons (Fsp3) is 0.429. The zero-order chi connectivity index (χ0) is 8.27. The SMILES string of the molecule is CCN(C)C(=O)c1ccon1. The summed E-state index contributed by atoms with van der Waals surface area (Å²) in [5, 5.41) is 3.52. The van der Waals surface area contributed by atoms with Crippen molar-refractivity contribution < 1.29 is 9.32 Å². The highest BCUT2D eigenvalue weighted by atomic mass is 16.5. The van der Waals surface area contributed by atoms with E-state index < -0.39 is 0 Å². The Balaban J connectivity index is 2.70. The summed E-state index contributed by atoms with van der Waals surface area (Å²) in [6.07, 6.45) is 1.39. The van der Waals surface area contributed by atoms with E-state index in [1.807, 2.05) is 6.92 Å². The second-order valence-electron chi connectivity index (χ2n) is 2.20. The highest BCUT2D eigenvalue weighted by Crippen LogP contribution is 1.98. The molecule has 0 fully saturated rings. The third-order valence-corrected chi connectivity index (χ3v) is 1.48. The fourth-order valence-corrected chi connectivity index (χ4v) is 0.662. The molecule has 0 bridgehead atoms. The topological polar surface area (TPSA) is 46.3 Å². The van der Waals surface area contributed by atoms with Crippen LogP contribution in [0.1, 0.15) is 17.4 Å². The minimum atomic E-state index is -0.110. The van der Waals surface area contributed by atoms with Gasteiger partial charge in [0.2, 0.25) is 0 Å². The number of aromatic nitrogens is 1. The van der Waals surface area contributed by atoms with Crippen LogP contribution in [0.5, 0.6) is 0 Å². The smallest absolute Gasteiger partial charge is 0.275 e. The van der Waals surface area contributed by atoms with Gasteiger partial charge in [0.25, 0.3) is 5.91 Å². The molecule has 0 aromatic carbocycles. The van der Waals surface area contributed by atoms with E-state index in [1.54, 1.807) is 18.0 Å². The maximum absolute atomic E-state index is 11.2. The van der Waals surface area contributed by atoms with E-state index in [0.29, 0.717) is 12.2 Å².